The van der Waals surface area contributed by atoms with Gasteiger partial charge < -0.3 is 4.74 Å². The van der Waals surface area contributed by atoms with Gasteiger partial charge in [-0.2, -0.15) is 5.10 Å². The van der Waals surface area contributed by atoms with E-state index in [4.69, 9.17) is 17.0 Å². The molecule has 1 aromatic carbocycles. The number of nitrogens with one attached hydrogen (secondary N) is 1. The van der Waals surface area contributed by atoms with Gasteiger partial charge in [0.05, 0.1) is 6.61 Å². The molecule has 0 atom stereocenters. The molecule has 0 radical (unpaired) electrons. The molecular weight excluding hydrogens is 258 g/mol. The third kappa shape index (κ3) is 3.23. The summed E-state index contributed by atoms with van der Waals surface area (Å²) in [5, 5.41) is 7.12. The standard InChI is InChI=1S/C14H19N3OS/c1-3-5-13-15-16-14(19)17(13)11-6-8-12(9-7-11)18-10-4-2/h6-9H,3-5,10H2,1-2H3,(H,16,19). The second kappa shape index (κ2) is 6.52. The highest BCUT2D eigenvalue weighted by Crippen LogP contribution is 2.17. The topological polar surface area (TPSA) is 42.8 Å². The van der Waals surface area contributed by atoms with Crippen LogP contribution in [0.1, 0.15) is 32.5 Å². The van der Waals surface area contributed by atoms with Gasteiger partial charge in [0.25, 0.3) is 0 Å². The van der Waals surface area contributed by atoms with Gasteiger partial charge in [0.1, 0.15) is 11.6 Å². The van der Waals surface area contributed by atoms with E-state index in [-0.39, 0.29) is 0 Å². The maximum Gasteiger partial charge on any atom is 0.199 e. The summed E-state index contributed by atoms with van der Waals surface area (Å²) in [6.07, 6.45) is 2.95. The number of aryl methyl sites for hydroxylation is 1. The van der Waals surface area contributed by atoms with E-state index in [1.54, 1.807) is 0 Å². The molecule has 0 spiro atoms. The van der Waals surface area contributed by atoms with Crippen LogP contribution in [-0.4, -0.2) is 21.4 Å². The fraction of sp³-hybridized carbons (Fsp3) is 0.429. The van der Waals surface area contributed by atoms with Crippen molar-refractivity contribution in [1.29, 1.82) is 0 Å². The molecule has 1 heterocycles. The van der Waals surface area contributed by atoms with Gasteiger partial charge in [0.2, 0.25) is 0 Å². The van der Waals surface area contributed by atoms with Crippen LogP contribution in [0.5, 0.6) is 5.75 Å². The third-order valence-corrected chi connectivity index (χ3v) is 3.06. The van der Waals surface area contributed by atoms with Gasteiger partial charge in [-0.3, -0.25) is 9.67 Å². The molecule has 5 heteroatoms. The van der Waals surface area contributed by atoms with Crippen LogP contribution in [-0.2, 0) is 6.42 Å². The summed E-state index contributed by atoms with van der Waals surface area (Å²) in [7, 11) is 0. The van der Waals surface area contributed by atoms with E-state index < -0.39 is 0 Å². The summed E-state index contributed by atoms with van der Waals surface area (Å²) in [6.45, 7) is 4.96. The first kappa shape index (κ1) is 13.8. The zero-order valence-corrected chi connectivity index (χ0v) is 12.2. The van der Waals surface area contributed by atoms with Crippen LogP contribution in [0.2, 0.25) is 0 Å². The highest BCUT2D eigenvalue weighted by molar-refractivity contribution is 7.71. The average molecular weight is 277 g/mol. The molecule has 0 amide bonds. The Hall–Kier alpha value is -1.62. The molecule has 2 aromatic rings. The molecule has 0 saturated carbocycles. The molecule has 0 aliphatic carbocycles. The largest absolute Gasteiger partial charge is 0.494 e. The Morgan fingerprint density at radius 3 is 2.58 bits per heavy atom. The summed E-state index contributed by atoms with van der Waals surface area (Å²) >= 11 is 5.29. The fourth-order valence-corrected chi connectivity index (χ4v) is 2.15. The number of aromatic amines is 1. The van der Waals surface area contributed by atoms with Gasteiger partial charge in [-0.25, -0.2) is 0 Å². The number of H-pyrrole nitrogens is 1. The smallest absolute Gasteiger partial charge is 0.199 e. The summed E-state index contributed by atoms with van der Waals surface area (Å²) in [5.74, 6) is 1.85. The Kier molecular flexibility index (Phi) is 4.74. The van der Waals surface area contributed by atoms with Crippen LogP contribution in [0.25, 0.3) is 5.69 Å². The quantitative estimate of drug-likeness (QED) is 0.819. The second-order valence-corrected chi connectivity index (χ2v) is 4.76. The molecule has 19 heavy (non-hydrogen) atoms. The molecule has 4 nitrogen and oxygen atoms in total. The molecule has 102 valence electrons. The zero-order valence-electron chi connectivity index (χ0n) is 11.3. The van der Waals surface area contributed by atoms with Crippen LogP contribution in [0.4, 0.5) is 0 Å². The molecule has 0 bridgehead atoms. The highest BCUT2D eigenvalue weighted by Gasteiger charge is 2.07. The van der Waals surface area contributed by atoms with E-state index in [1.807, 2.05) is 28.8 Å². The van der Waals surface area contributed by atoms with Crippen LogP contribution in [0.3, 0.4) is 0 Å². The van der Waals surface area contributed by atoms with Crippen LogP contribution < -0.4 is 4.74 Å². The zero-order chi connectivity index (χ0) is 13.7. The number of hydrogen-bond donors (Lipinski definition) is 1. The monoisotopic (exact) mass is 277 g/mol. The first-order valence-corrected chi connectivity index (χ1v) is 7.06. The third-order valence-electron chi connectivity index (χ3n) is 2.78. The van der Waals surface area contributed by atoms with Gasteiger partial charge in [-0.15, -0.1) is 0 Å². The normalized spacial score (nSPS) is 10.6. The lowest BCUT2D eigenvalue weighted by Gasteiger charge is -2.08. The molecule has 0 unspecified atom stereocenters. The maximum absolute atomic E-state index is 5.58. The number of nitrogens with zero attached hydrogens (tertiary/aromatic N) is 2. The number of hydrogen-bond acceptors (Lipinski definition) is 3. The average Bonchev–Trinajstić information content (AvgIpc) is 2.79. The molecule has 0 fully saturated rings. The Morgan fingerprint density at radius 1 is 1.21 bits per heavy atom. The number of benzene rings is 1. The summed E-state index contributed by atoms with van der Waals surface area (Å²) in [6, 6.07) is 7.95. The van der Waals surface area contributed by atoms with Crippen molar-refractivity contribution in [1.82, 2.24) is 14.8 Å². The van der Waals surface area contributed by atoms with E-state index >= 15 is 0 Å². The minimum atomic E-state index is 0.630. The van der Waals surface area contributed by atoms with Crippen molar-refractivity contribution < 1.29 is 4.74 Å². The minimum Gasteiger partial charge on any atom is -0.494 e. The van der Waals surface area contributed by atoms with Crippen molar-refractivity contribution in [2.24, 2.45) is 0 Å². The maximum atomic E-state index is 5.58. The SMILES string of the molecule is CCCOc1ccc(-n2c(CCC)n[nH]c2=S)cc1. The van der Waals surface area contributed by atoms with Crippen LogP contribution in [0.15, 0.2) is 24.3 Å². The van der Waals surface area contributed by atoms with Crippen molar-refractivity contribution in [3.63, 3.8) is 0 Å². The lowest BCUT2D eigenvalue weighted by molar-refractivity contribution is 0.317. The summed E-state index contributed by atoms with van der Waals surface area (Å²) < 4.78 is 8.18. The van der Waals surface area contributed by atoms with E-state index in [2.05, 4.69) is 24.0 Å². The first-order chi connectivity index (χ1) is 9.26. The van der Waals surface area contributed by atoms with E-state index in [0.717, 1.165) is 43.1 Å². The van der Waals surface area contributed by atoms with Gasteiger partial charge >= 0.3 is 0 Å². The van der Waals surface area contributed by atoms with Crippen LogP contribution >= 0.6 is 12.2 Å². The minimum absolute atomic E-state index is 0.630. The lowest BCUT2D eigenvalue weighted by atomic mass is 10.2. The van der Waals surface area contributed by atoms with Crippen molar-refractivity contribution in [2.75, 3.05) is 6.61 Å². The molecular formula is C14H19N3OS. The molecule has 1 aromatic heterocycles. The number of ether oxygens (including phenoxy) is 1. The predicted octanol–water partition coefficient (Wildman–Crippen LogP) is 3.67. The van der Waals surface area contributed by atoms with Gasteiger partial charge in [-0.05, 0) is 49.3 Å². The van der Waals surface area contributed by atoms with Gasteiger partial charge in [-0.1, -0.05) is 13.8 Å². The van der Waals surface area contributed by atoms with Crippen molar-refractivity contribution in [3.05, 3.63) is 34.9 Å². The lowest BCUT2D eigenvalue weighted by Crippen LogP contribution is -2.01. The van der Waals surface area contributed by atoms with Crippen LogP contribution in [0, 0.1) is 4.77 Å². The first-order valence-electron chi connectivity index (χ1n) is 6.65. The van der Waals surface area contributed by atoms with E-state index in [1.165, 1.54) is 0 Å². The molecule has 1 N–H and O–H groups in total. The predicted molar refractivity (Wildman–Crippen MR) is 78.5 cm³/mol. The molecule has 0 saturated heterocycles. The Bertz CT molecular complexity index is 571. The Labute approximate surface area is 118 Å². The fourth-order valence-electron chi connectivity index (χ4n) is 1.90. The van der Waals surface area contributed by atoms with Gasteiger partial charge in [0.15, 0.2) is 4.77 Å². The highest BCUT2D eigenvalue weighted by atomic mass is 32.1. The number of aromatic nitrogens is 3. The summed E-state index contributed by atoms with van der Waals surface area (Å²) in [4.78, 5) is 0. The number of rotatable bonds is 6. The Balaban J connectivity index is 2.26. The van der Waals surface area contributed by atoms with Crippen molar-refractivity contribution >= 4 is 12.2 Å². The van der Waals surface area contributed by atoms with E-state index in [9.17, 15) is 0 Å². The Morgan fingerprint density at radius 2 is 1.95 bits per heavy atom. The summed E-state index contributed by atoms with van der Waals surface area (Å²) in [5.41, 5.74) is 1.02. The molecule has 2 rings (SSSR count). The second-order valence-electron chi connectivity index (χ2n) is 4.37. The van der Waals surface area contributed by atoms with Crippen molar-refractivity contribution in [2.45, 2.75) is 33.1 Å². The van der Waals surface area contributed by atoms with E-state index in [0.29, 0.717) is 4.77 Å². The molecule has 0 aliphatic rings. The van der Waals surface area contributed by atoms with Gasteiger partial charge in [0, 0.05) is 12.1 Å². The molecule has 0 aliphatic heterocycles. The van der Waals surface area contributed by atoms with Crippen molar-refractivity contribution in [3.8, 4) is 11.4 Å².